The maximum atomic E-state index is 15.5. The fraction of sp³-hybridized carbons (Fsp3) is 0.239. The van der Waals surface area contributed by atoms with Gasteiger partial charge in [-0.1, -0.05) is 0 Å². The number of carbonyl (C=O) groups excluding carboxylic acids is 5. The zero-order valence-corrected chi connectivity index (χ0v) is 37.3. The highest BCUT2D eigenvalue weighted by molar-refractivity contribution is 6.16. The second-order valence-corrected chi connectivity index (χ2v) is 17.6. The minimum absolute atomic E-state index is 0.271. The summed E-state index contributed by atoms with van der Waals surface area (Å²) in [6.07, 6.45) is -19.3. The van der Waals surface area contributed by atoms with Crippen LogP contribution in [0.3, 0.4) is 0 Å². The first kappa shape index (κ1) is 49.8. The number of benzene rings is 5. The molecule has 1 saturated heterocycles. The molecule has 6 heterocycles. The summed E-state index contributed by atoms with van der Waals surface area (Å²) in [6.45, 7) is -2.84. The van der Waals surface area contributed by atoms with Gasteiger partial charge in [0, 0.05) is 38.9 Å². The van der Waals surface area contributed by atoms with Gasteiger partial charge in [-0.15, -0.1) is 0 Å². The standard InChI is InChI=1S/C46H34O30/c47-9-1-6-14(28(55)24(9)51)15-7(2-10(48)25(52)29(15)56)43(67)74-37-13(5-71-41(6)65)73-42(66)8-3-11(49)26(53)30(57)16(8)17-20-18(32(59)35(62)31(17)58)19-21-22(34(61)36(63)33(19)60)23(38(75-45(21)69)39(37)76-44(20)68)46(70)40(64)27(54)12(50)4-72-46/h1-3,12-13,23,27,37-40,47-64,70H,4-5H2/t12-,13+,23-,27+,37+,38-,39-,40+,46?/m0/s1. The highest BCUT2D eigenvalue weighted by Crippen LogP contribution is 2.63. The van der Waals surface area contributed by atoms with Crippen molar-refractivity contribution in [2.24, 2.45) is 0 Å². The van der Waals surface area contributed by atoms with Gasteiger partial charge in [0.15, 0.2) is 81.9 Å². The number of hydrogen-bond acceptors (Lipinski definition) is 30. The van der Waals surface area contributed by atoms with Gasteiger partial charge in [0.2, 0.25) is 34.5 Å². The van der Waals surface area contributed by atoms with E-state index < -0.39 is 250 Å². The minimum atomic E-state index is -3.72. The van der Waals surface area contributed by atoms with Gasteiger partial charge in [0.25, 0.3) is 0 Å². The van der Waals surface area contributed by atoms with Gasteiger partial charge >= 0.3 is 29.8 Å². The summed E-state index contributed by atoms with van der Waals surface area (Å²) in [5, 5.41) is 214. The average molecular weight is 1070 g/mol. The molecule has 6 aliphatic heterocycles. The number of fused-ring (bicyclic) bond motifs is 7. The third-order valence-electron chi connectivity index (χ3n) is 13.6. The number of aliphatic hydroxyl groups excluding tert-OH is 3. The Morgan fingerprint density at radius 1 is 0.395 bits per heavy atom. The van der Waals surface area contributed by atoms with E-state index in [2.05, 4.69) is 0 Å². The maximum absolute atomic E-state index is 15.5. The number of phenols is 15. The fourth-order valence-corrected chi connectivity index (χ4v) is 9.99. The molecule has 0 aromatic heterocycles. The van der Waals surface area contributed by atoms with E-state index in [4.69, 9.17) is 28.4 Å². The summed E-state index contributed by atoms with van der Waals surface area (Å²) in [5.74, 6) is -40.7. The number of aliphatic hydroxyl groups is 4. The van der Waals surface area contributed by atoms with Crippen molar-refractivity contribution in [3.63, 3.8) is 0 Å². The number of ether oxygens (including phenoxy) is 6. The Hall–Kier alpha value is -9.75. The molecule has 0 radical (unpaired) electrons. The number of esters is 5. The molecule has 0 amide bonds. The van der Waals surface area contributed by atoms with Gasteiger partial charge in [-0.3, -0.25) is 0 Å². The molecule has 0 aliphatic carbocycles. The lowest BCUT2D eigenvalue weighted by molar-refractivity contribution is -0.341. The monoisotopic (exact) mass is 1070 g/mol. The quantitative estimate of drug-likeness (QED) is 0.0553. The number of phenolic OH excluding ortho intramolecular Hbond substituents is 15. The van der Waals surface area contributed by atoms with Crippen molar-refractivity contribution in [2.45, 2.75) is 54.4 Å². The van der Waals surface area contributed by atoms with Crippen LogP contribution < -0.4 is 0 Å². The Morgan fingerprint density at radius 3 is 1.32 bits per heavy atom. The Morgan fingerprint density at radius 2 is 0.789 bits per heavy atom. The van der Waals surface area contributed by atoms with E-state index in [0.29, 0.717) is 6.07 Å². The van der Waals surface area contributed by atoms with Crippen molar-refractivity contribution in [1.29, 1.82) is 0 Å². The van der Waals surface area contributed by atoms with Crippen molar-refractivity contribution in [3.8, 4) is 120 Å². The molecule has 19 N–H and O–H groups in total. The number of hydrogen-bond donors (Lipinski definition) is 19. The Bertz CT molecular complexity index is 3510. The lowest BCUT2D eigenvalue weighted by Gasteiger charge is -2.51. The second-order valence-electron chi connectivity index (χ2n) is 17.6. The van der Waals surface area contributed by atoms with Crippen molar-refractivity contribution in [3.05, 3.63) is 51.6 Å². The van der Waals surface area contributed by atoms with Gasteiger partial charge in [-0.25, -0.2) is 24.0 Å². The van der Waals surface area contributed by atoms with Crippen LogP contribution in [0.4, 0.5) is 0 Å². The SMILES string of the molecule is O=C1OC[C@H]2OC(=O)c3cc(O)c(O)c(O)c3-c3c(O)c(O)c(O)c4c3C(=O)O[C@H]([C@H]3OC(=O)c5c-4c(O)c(O)c(O)c5[C@@H]3C3(O)OC[C@H](O)[C@@H](O)[C@H]3O)[C@@H]2OC(=O)c2cc(O)c(O)c(O)c2-c2c1cc(O)c(O)c2O. The van der Waals surface area contributed by atoms with Gasteiger partial charge < -0.3 is 125 Å². The summed E-state index contributed by atoms with van der Waals surface area (Å²) in [6, 6.07) is 0.916. The van der Waals surface area contributed by atoms with Crippen LogP contribution in [0.15, 0.2) is 18.2 Å². The van der Waals surface area contributed by atoms with Gasteiger partial charge in [-0.2, -0.15) is 0 Å². The fourth-order valence-electron chi connectivity index (χ4n) is 9.99. The molecule has 5 aromatic carbocycles. The average Bonchev–Trinajstić information content (AvgIpc) is 3.44. The summed E-state index contributed by atoms with van der Waals surface area (Å²) >= 11 is 0. The minimum Gasteiger partial charge on any atom is -0.504 e. The molecule has 6 aliphatic rings. The van der Waals surface area contributed by atoms with E-state index in [-0.39, 0.29) is 12.1 Å². The topological polar surface area (TPSA) is 525 Å². The zero-order valence-electron chi connectivity index (χ0n) is 37.3. The van der Waals surface area contributed by atoms with Crippen LogP contribution in [-0.4, -0.2) is 189 Å². The lowest BCUT2D eigenvalue weighted by atomic mass is 9.71. The van der Waals surface area contributed by atoms with Crippen LogP contribution in [0.2, 0.25) is 0 Å². The lowest BCUT2D eigenvalue weighted by Crippen LogP contribution is -2.68. The van der Waals surface area contributed by atoms with Crippen LogP contribution in [-0.2, 0) is 28.4 Å². The van der Waals surface area contributed by atoms with E-state index in [0.717, 1.165) is 0 Å². The molecule has 76 heavy (non-hydrogen) atoms. The van der Waals surface area contributed by atoms with Crippen molar-refractivity contribution < 1.29 is 149 Å². The van der Waals surface area contributed by atoms with Gasteiger partial charge in [-0.05, 0) is 18.2 Å². The van der Waals surface area contributed by atoms with E-state index in [9.17, 15) is 111 Å². The molecular formula is C46H34O30. The molecule has 1 unspecified atom stereocenters. The first-order valence-electron chi connectivity index (χ1n) is 21.5. The number of cyclic esters (lactones) is 1. The predicted octanol–water partition coefficient (Wildman–Crippen LogP) is -0.830. The van der Waals surface area contributed by atoms with E-state index in [1.54, 1.807) is 0 Å². The molecule has 11 rings (SSSR count). The van der Waals surface area contributed by atoms with Gasteiger partial charge in [0.1, 0.15) is 24.9 Å². The molecule has 5 aromatic rings. The third kappa shape index (κ3) is 6.61. The van der Waals surface area contributed by atoms with Crippen LogP contribution in [0, 0.1) is 0 Å². The molecule has 398 valence electrons. The Labute approximate surface area is 417 Å². The molecule has 0 saturated carbocycles. The smallest absolute Gasteiger partial charge is 0.340 e. The third-order valence-corrected chi connectivity index (χ3v) is 13.6. The molecule has 1 fully saturated rings. The summed E-state index contributed by atoms with van der Waals surface area (Å²) < 4.78 is 34.0. The number of carbonyl (C=O) groups is 5. The van der Waals surface area contributed by atoms with E-state index in [1.807, 2.05) is 0 Å². The summed E-state index contributed by atoms with van der Waals surface area (Å²) in [7, 11) is 0. The van der Waals surface area contributed by atoms with Crippen molar-refractivity contribution in [1.82, 2.24) is 0 Å². The number of aromatic hydroxyl groups is 15. The van der Waals surface area contributed by atoms with Crippen LogP contribution in [0.5, 0.6) is 86.2 Å². The number of rotatable bonds is 1. The highest BCUT2D eigenvalue weighted by atomic mass is 16.7. The Balaban J connectivity index is 1.39. The first-order chi connectivity index (χ1) is 35.7. The maximum Gasteiger partial charge on any atom is 0.340 e. The van der Waals surface area contributed by atoms with Crippen LogP contribution in [0.25, 0.3) is 33.4 Å². The van der Waals surface area contributed by atoms with E-state index in [1.165, 1.54) is 0 Å². The molecule has 30 heteroatoms. The van der Waals surface area contributed by atoms with Crippen LogP contribution in [0.1, 0.15) is 63.3 Å². The summed E-state index contributed by atoms with van der Waals surface area (Å²) in [5.41, 5.74) is -16.3. The summed E-state index contributed by atoms with van der Waals surface area (Å²) in [4.78, 5) is 74.4. The van der Waals surface area contributed by atoms with Crippen molar-refractivity contribution >= 4 is 29.8 Å². The largest absolute Gasteiger partial charge is 0.504 e. The highest BCUT2D eigenvalue weighted by Gasteiger charge is 2.65. The molecule has 6 bridgehead atoms. The normalized spacial score (nSPS) is 25.7. The molecule has 30 nitrogen and oxygen atoms in total. The molecular weight excluding hydrogens is 1030 g/mol. The van der Waals surface area contributed by atoms with E-state index >= 15 is 9.59 Å². The molecule has 0 spiro atoms. The van der Waals surface area contributed by atoms with Crippen molar-refractivity contribution in [2.75, 3.05) is 13.2 Å². The predicted molar refractivity (Wildman–Crippen MR) is 233 cm³/mol. The zero-order chi connectivity index (χ0) is 55.4. The second kappa shape index (κ2) is 16.6. The first-order valence-corrected chi connectivity index (χ1v) is 21.5. The Kier molecular flexibility index (Phi) is 10.9. The van der Waals surface area contributed by atoms with Gasteiger partial charge in [0.05, 0.1) is 40.3 Å². The molecule has 9 atom stereocenters. The van der Waals surface area contributed by atoms with Crippen LogP contribution >= 0.6 is 0 Å².